The molecule has 70 valence electrons. The van der Waals surface area contributed by atoms with E-state index in [-0.39, 0.29) is 0 Å². The third-order valence-electron chi connectivity index (χ3n) is 2.37. The second-order valence-electron chi connectivity index (χ2n) is 3.34. The minimum absolute atomic E-state index is 1.12. The van der Waals surface area contributed by atoms with Crippen LogP contribution >= 0.6 is 0 Å². The highest BCUT2D eigenvalue weighted by atomic mass is 14.0. The molecule has 1 rings (SSSR count). The van der Waals surface area contributed by atoms with Crippen LogP contribution in [0.2, 0.25) is 0 Å². The SMILES string of the molecule is C=Cc1ccc(CCC)c(CC)c1. The molecule has 0 amide bonds. The molecule has 0 saturated heterocycles. The maximum Gasteiger partial charge on any atom is -0.0260 e. The lowest BCUT2D eigenvalue weighted by molar-refractivity contribution is 0.899. The first-order chi connectivity index (χ1) is 6.31. The van der Waals surface area contributed by atoms with Crippen LogP contribution in [0.1, 0.15) is 37.0 Å². The Morgan fingerprint density at radius 2 is 2.00 bits per heavy atom. The van der Waals surface area contributed by atoms with E-state index >= 15 is 0 Å². The van der Waals surface area contributed by atoms with Gasteiger partial charge in [-0.3, -0.25) is 0 Å². The van der Waals surface area contributed by atoms with Crippen LogP contribution < -0.4 is 0 Å². The molecule has 0 N–H and O–H groups in total. The van der Waals surface area contributed by atoms with Crippen molar-refractivity contribution in [3.63, 3.8) is 0 Å². The maximum absolute atomic E-state index is 3.78. The summed E-state index contributed by atoms with van der Waals surface area (Å²) < 4.78 is 0. The standard InChI is InChI=1S/C13H18/c1-4-7-13-9-8-11(5-2)10-12(13)6-3/h5,8-10H,2,4,6-7H2,1,3H3. The van der Waals surface area contributed by atoms with Gasteiger partial charge in [-0.05, 0) is 29.5 Å². The Kier molecular flexibility index (Phi) is 3.75. The summed E-state index contributed by atoms with van der Waals surface area (Å²) in [6.45, 7) is 8.21. The molecule has 0 radical (unpaired) electrons. The first-order valence-corrected chi connectivity index (χ1v) is 5.06. The predicted molar refractivity (Wildman–Crippen MR) is 59.9 cm³/mol. The molecule has 0 nitrogen and oxygen atoms in total. The largest absolute Gasteiger partial charge is 0.0985 e. The van der Waals surface area contributed by atoms with E-state index in [0.717, 1.165) is 6.42 Å². The van der Waals surface area contributed by atoms with Gasteiger partial charge in [0.2, 0.25) is 0 Å². The van der Waals surface area contributed by atoms with Gasteiger partial charge in [-0.15, -0.1) is 0 Å². The van der Waals surface area contributed by atoms with Crippen molar-refractivity contribution in [2.45, 2.75) is 33.1 Å². The number of benzene rings is 1. The summed E-state index contributed by atoms with van der Waals surface area (Å²) in [5, 5.41) is 0. The minimum Gasteiger partial charge on any atom is -0.0985 e. The molecule has 0 bridgehead atoms. The third kappa shape index (κ3) is 2.45. The van der Waals surface area contributed by atoms with Crippen LogP contribution in [-0.4, -0.2) is 0 Å². The first kappa shape index (κ1) is 10.0. The Balaban J connectivity index is 3.00. The molecule has 0 fully saturated rings. The van der Waals surface area contributed by atoms with Crippen LogP contribution in [0.3, 0.4) is 0 Å². The van der Waals surface area contributed by atoms with Crippen molar-refractivity contribution < 1.29 is 0 Å². The van der Waals surface area contributed by atoms with E-state index in [1.807, 2.05) is 6.08 Å². The van der Waals surface area contributed by atoms with E-state index in [4.69, 9.17) is 0 Å². The zero-order valence-corrected chi connectivity index (χ0v) is 8.64. The highest BCUT2D eigenvalue weighted by molar-refractivity contribution is 5.50. The van der Waals surface area contributed by atoms with Crippen molar-refractivity contribution in [3.8, 4) is 0 Å². The maximum atomic E-state index is 3.78. The molecule has 0 aliphatic heterocycles. The Bertz CT molecular complexity index is 284. The van der Waals surface area contributed by atoms with Crippen molar-refractivity contribution >= 4 is 6.08 Å². The fourth-order valence-corrected chi connectivity index (χ4v) is 1.62. The highest BCUT2D eigenvalue weighted by Crippen LogP contribution is 2.15. The number of hydrogen-bond donors (Lipinski definition) is 0. The van der Waals surface area contributed by atoms with E-state index < -0.39 is 0 Å². The van der Waals surface area contributed by atoms with E-state index in [0.29, 0.717) is 0 Å². The van der Waals surface area contributed by atoms with Crippen molar-refractivity contribution in [1.82, 2.24) is 0 Å². The van der Waals surface area contributed by atoms with Crippen LogP contribution in [-0.2, 0) is 12.8 Å². The van der Waals surface area contributed by atoms with E-state index in [1.54, 1.807) is 0 Å². The first-order valence-electron chi connectivity index (χ1n) is 5.06. The molecule has 0 heteroatoms. The van der Waals surface area contributed by atoms with E-state index in [2.05, 4.69) is 38.6 Å². The molecule has 1 aromatic rings. The normalized spacial score (nSPS) is 10.0. The smallest absolute Gasteiger partial charge is 0.0260 e. The fourth-order valence-electron chi connectivity index (χ4n) is 1.62. The Hall–Kier alpha value is -1.04. The van der Waals surface area contributed by atoms with Crippen molar-refractivity contribution in [1.29, 1.82) is 0 Å². The van der Waals surface area contributed by atoms with Crippen LogP contribution in [0.15, 0.2) is 24.8 Å². The number of hydrogen-bond acceptors (Lipinski definition) is 0. The number of aryl methyl sites for hydroxylation is 2. The van der Waals surface area contributed by atoms with E-state index in [1.165, 1.54) is 29.5 Å². The zero-order valence-electron chi connectivity index (χ0n) is 8.64. The molecule has 0 spiro atoms. The Morgan fingerprint density at radius 3 is 2.54 bits per heavy atom. The lowest BCUT2D eigenvalue weighted by Crippen LogP contribution is -1.92. The molecule has 0 heterocycles. The lowest BCUT2D eigenvalue weighted by Gasteiger charge is -2.07. The van der Waals surface area contributed by atoms with Gasteiger partial charge >= 0.3 is 0 Å². The summed E-state index contributed by atoms with van der Waals surface area (Å²) in [5.41, 5.74) is 4.20. The van der Waals surface area contributed by atoms with Gasteiger partial charge in [-0.1, -0.05) is 51.1 Å². The van der Waals surface area contributed by atoms with Crippen LogP contribution in [0.5, 0.6) is 0 Å². The molecule has 0 aromatic heterocycles. The summed E-state index contributed by atoms with van der Waals surface area (Å²) in [4.78, 5) is 0. The monoisotopic (exact) mass is 174 g/mol. The van der Waals surface area contributed by atoms with Crippen molar-refractivity contribution in [2.24, 2.45) is 0 Å². The summed E-state index contributed by atoms with van der Waals surface area (Å²) in [7, 11) is 0. The van der Waals surface area contributed by atoms with Crippen molar-refractivity contribution in [2.75, 3.05) is 0 Å². The molecule has 0 aliphatic rings. The molecule has 1 aromatic carbocycles. The molecular formula is C13H18. The minimum atomic E-state index is 1.12. The van der Waals surface area contributed by atoms with Crippen LogP contribution in [0.25, 0.3) is 6.08 Å². The molecule has 0 saturated carbocycles. The average molecular weight is 174 g/mol. The molecule has 13 heavy (non-hydrogen) atoms. The van der Waals surface area contributed by atoms with Gasteiger partial charge in [0.05, 0.1) is 0 Å². The third-order valence-corrected chi connectivity index (χ3v) is 2.37. The second kappa shape index (κ2) is 4.86. The fraction of sp³-hybridized carbons (Fsp3) is 0.385. The zero-order chi connectivity index (χ0) is 9.68. The molecular weight excluding hydrogens is 156 g/mol. The quantitative estimate of drug-likeness (QED) is 0.650. The van der Waals surface area contributed by atoms with Gasteiger partial charge in [0.1, 0.15) is 0 Å². The topological polar surface area (TPSA) is 0 Å². The molecule has 0 atom stereocenters. The van der Waals surface area contributed by atoms with E-state index in [9.17, 15) is 0 Å². The number of rotatable bonds is 4. The van der Waals surface area contributed by atoms with Gasteiger partial charge in [0.15, 0.2) is 0 Å². The Morgan fingerprint density at radius 1 is 1.23 bits per heavy atom. The van der Waals surface area contributed by atoms with Gasteiger partial charge in [0, 0.05) is 0 Å². The summed E-state index contributed by atoms with van der Waals surface area (Å²) in [6, 6.07) is 6.63. The highest BCUT2D eigenvalue weighted by Gasteiger charge is 1.99. The van der Waals surface area contributed by atoms with Crippen LogP contribution in [0.4, 0.5) is 0 Å². The van der Waals surface area contributed by atoms with Gasteiger partial charge in [0.25, 0.3) is 0 Å². The molecule has 0 unspecified atom stereocenters. The van der Waals surface area contributed by atoms with Gasteiger partial charge < -0.3 is 0 Å². The second-order valence-corrected chi connectivity index (χ2v) is 3.34. The lowest BCUT2D eigenvalue weighted by atomic mass is 9.99. The predicted octanol–water partition coefficient (Wildman–Crippen LogP) is 3.84. The molecule has 0 aliphatic carbocycles. The average Bonchev–Trinajstić information content (AvgIpc) is 2.19. The Labute approximate surface area is 81.3 Å². The van der Waals surface area contributed by atoms with Crippen molar-refractivity contribution in [3.05, 3.63) is 41.5 Å². The van der Waals surface area contributed by atoms with Crippen LogP contribution in [0, 0.1) is 0 Å². The summed E-state index contributed by atoms with van der Waals surface area (Å²) in [5.74, 6) is 0. The van der Waals surface area contributed by atoms with Gasteiger partial charge in [-0.2, -0.15) is 0 Å². The summed E-state index contributed by atoms with van der Waals surface area (Å²) >= 11 is 0. The summed E-state index contributed by atoms with van der Waals surface area (Å²) in [6.07, 6.45) is 5.45. The van der Waals surface area contributed by atoms with Gasteiger partial charge in [-0.25, -0.2) is 0 Å².